The summed E-state index contributed by atoms with van der Waals surface area (Å²) >= 11 is 11.5. The van der Waals surface area contributed by atoms with Crippen LogP contribution in [-0.2, 0) is 0 Å². The van der Waals surface area contributed by atoms with Crippen LogP contribution in [0.5, 0.6) is 0 Å². The third-order valence-electron chi connectivity index (χ3n) is 1.15. The zero-order chi connectivity index (χ0) is 7.61. The highest BCUT2D eigenvalue weighted by Gasteiger charge is 2.27. The summed E-state index contributed by atoms with van der Waals surface area (Å²) in [4.78, 5) is 0. The largest absolute Gasteiger partial charge is 0.323 e. The van der Waals surface area contributed by atoms with E-state index in [1.807, 2.05) is 0 Å². The predicted molar refractivity (Wildman–Crippen MR) is 44.3 cm³/mol. The van der Waals surface area contributed by atoms with E-state index < -0.39 is 4.33 Å². The van der Waals surface area contributed by atoms with Crippen LogP contribution in [0.4, 0.5) is 0 Å². The van der Waals surface area contributed by atoms with Crippen LogP contribution in [0.15, 0.2) is 29.4 Å². The van der Waals surface area contributed by atoms with Crippen LogP contribution in [0, 0.1) is 0 Å². The lowest BCUT2D eigenvalue weighted by Gasteiger charge is -2.15. The maximum Gasteiger partial charge on any atom is 0.179 e. The summed E-state index contributed by atoms with van der Waals surface area (Å²) in [6, 6.07) is 0. The molecule has 0 bridgehead atoms. The van der Waals surface area contributed by atoms with E-state index in [9.17, 15) is 0 Å². The van der Waals surface area contributed by atoms with Crippen molar-refractivity contribution in [3.63, 3.8) is 0 Å². The molecule has 4 heteroatoms. The van der Waals surface area contributed by atoms with Crippen LogP contribution < -0.4 is 5.84 Å². The van der Waals surface area contributed by atoms with Crippen molar-refractivity contribution in [3.05, 3.63) is 24.3 Å². The quantitative estimate of drug-likeness (QED) is 0.340. The Hall–Kier alpha value is -0.470. The molecule has 0 amide bonds. The topological polar surface area (TPSA) is 38.4 Å². The highest BCUT2D eigenvalue weighted by Crippen LogP contribution is 2.27. The molecule has 54 valence electrons. The number of nitrogens with two attached hydrogens (primary N) is 1. The molecule has 0 spiro atoms. The molecule has 0 fully saturated rings. The Balaban J connectivity index is 2.96. The SMILES string of the molecule is NN=C1C=CC=CC1(Cl)Cl. The summed E-state index contributed by atoms with van der Waals surface area (Å²) in [6.07, 6.45) is 6.80. The van der Waals surface area contributed by atoms with Gasteiger partial charge in [0.05, 0.1) is 5.71 Å². The van der Waals surface area contributed by atoms with E-state index >= 15 is 0 Å². The summed E-state index contributed by atoms with van der Waals surface area (Å²) in [5, 5.41) is 3.42. The Morgan fingerprint density at radius 2 is 2.10 bits per heavy atom. The Labute approximate surface area is 69.0 Å². The van der Waals surface area contributed by atoms with Gasteiger partial charge in [0.1, 0.15) is 0 Å². The van der Waals surface area contributed by atoms with Gasteiger partial charge in [-0.3, -0.25) is 0 Å². The Kier molecular flexibility index (Phi) is 2.02. The summed E-state index contributed by atoms with van der Waals surface area (Å²) < 4.78 is -1.05. The number of nitrogens with zero attached hydrogens (tertiary/aromatic N) is 1. The van der Waals surface area contributed by atoms with Gasteiger partial charge in [-0.25, -0.2) is 0 Å². The fraction of sp³-hybridized carbons (Fsp3) is 0.167. The minimum absolute atomic E-state index is 0.457. The van der Waals surface area contributed by atoms with Crippen LogP contribution in [0.25, 0.3) is 0 Å². The standard InChI is InChI=1S/C6H6Cl2N2/c7-6(8)4-2-1-3-5(6)10-9/h1-4H,9H2. The van der Waals surface area contributed by atoms with E-state index in [0.29, 0.717) is 5.71 Å². The second kappa shape index (κ2) is 2.64. The molecule has 0 aromatic carbocycles. The van der Waals surface area contributed by atoms with Crippen LogP contribution in [-0.4, -0.2) is 10.0 Å². The maximum absolute atomic E-state index is 5.75. The van der Waals surface area contributed by atoms with Gasteiger partial charge in [-0.05, 0) is 12.2 Å². The Morgan fingerprint density at radius 3 is 2.50 bits per heavy atom. The molecule has 2 nitrogen and oxygen atoms in total. The van der Waals surface area contributed by atoms with Gasteiger partial charge in [0.2, 0.25) is 0 Å². The average molecular weight is 177 g/mol. The fourth-order valence-electron chi connectivity index (χ4n) is 0.649. The van der Waals surface area contributed by atoms with Crippen LogP contribution in [0.3, 0.4) is 0 Å². The first kappa shape index (κ1) is 7.63. The van der Waals surface area contributed by atoms with E-state index in [1.165, 1.54) is 0 Å². The summed E-state index contributed by atoms with van der Waals surface area (Å²) in [5.41, 5.74) is 0.457. The number of allylic oxidation sites excluding steroid dienone is 4. The molecule has 0 radical (unpaired) electrons. The van der Waals surface area contributed by atoms with Crippen LogP contribution in [0.1, 0.15) is 0 Å². The van der Waals surface area contributed by atoms with Gasteiger partial charge in [0.25, 0.3) is 0 Å². The molecule has 0 atom stereocenters. The zero-order valence-corrected chi connectivity index (χ0v) is 6.60. The second-order valence-corrected chi connectivity index (χ2v) is 3.24. The third-order valence-corrected chi connectivity index (χ3v) is 1.79. The molecule has 0 aromatic rings. The lowest BCUT2D eigenvalue weighted by atomic mass is 10.1. The summed E-state index contributed by atoms with van der Waals surface area (Å²) in [7, 11) is 0. The van der Waals surface area contributed by atoms with Crippen molar-refractivity contribution in [1.29, 1.82) is 0 Å². The van der Waals surface area contributed by atoms with Crippen molar-refractivity contribution in [3.8, 4) is 0 Å². The molecule has 10 heavy (non-hydrogen) atoms. The fourth-order valence-corrected chi connectivity index (χ4v) is 1.02. The summed E-state index contributed by atoms with van der Waals surface area (Å²) in [6.45, 7) is 0. The molecule has 2 N–H and O–H groups in total. The zero-order valence-electron chi connectivity index (χ0n) is 5.09. The van der Waals surface area contributed by atoms with Gasteiger partial charge in [0, 0.05) is 0 Å². The number of hydrogen-bond donors (Lipinski definition) is 1. The van der Waals surface area contributed by atoms with Gasteiger partial charge in [-0.15, -0.1) is 0 Å². The van der Waals surface area contributed by atoms with Crippen molar-refractivity contribution in [1.82, 2.24) is 0 Å². The first-order chi connectivity index (χ1) is 4.67. The normalized spacial score (nSPS) is 25.6. The van der Waals surface area contributed by atoms with E-state index in [4.69, 9.17) is 29.0 Å². The second-order valence-electron chi connectivity index (χ2n) is 1.86. The highest BCUT2D eigenvalue weighted by molar-refractivity contribution is 6.61. The predicted octanol–water partition coefficient (Wildman–Crippen LogP) is 1.60. The molecule has 0 saturated heterocycles. The number of hydrazone groups is 1. The highest BCUT2D eigenvalue weighted by atomic mass is 35.5. The monoisotopic (exact) mass is 176 g/mol. The van der Waals surface area contributed by atoms with E-state index in [2.05, 4.69) is 5.10 Å². The Bertz CT molecular complexity index is 216. The van der Waals surface area contributed by atoms with Crippen LogP contribution in [0.2, 0.25) is 0 Å². The molecular weight excluding hydrogens is 171 g/mol. The van der Waals surface area contributed by atoms with Crippen molar-refractivity contribution in [2.45, 2.75) is 4.33 Å². The average Bonchev–Trinajstić information content (AvgIpc) is 1.87. The first-order valence-electron chi connectivity index (χ1n) is 2.69. The van der Waals surface area contributed by atoms with E-state index in [-0.39, 0.29) is 0 Å². The van der Waals surface area contributed by atoms with Gasteiger partial charge < -0.3 is 5.84 Å². The van der Waals surface area contributed by atoms with E-state index in [1.54, 1.807) is 24.3 Å². The molecule has 1 rings (SSSR count). The number of alkyl halides is 2. The van der Waals surface area contributed by atoms with Crippen molar-refractivity contribution >= 4 is 28.9 Å². The smallest absolute Gasteiger partial charge is 0.179 e. The van der Waals surface area contributed by atoms with Crippen molar-refractivity contribution in [2.75, 3.05) is 0 Å². The van der Waals surface area contributed by atoms with Gasteiger partial charge in [-0.2, -0.15) is 5.10 Å². The molecule has 0 aromatic heterocycles. The lowest BCUT2D eigenvalue weighted by Crippen LogP contribution is -2.24. The van der Waals surface area contributed by atoms with Gasteiger partial charge in [-0.1, -0.05) is 35.4 Å². The number of halogens is 2. The van der Waals surface area contributed by atoms with Gasteiger partial charge >= 0.3 is 0 Å². The number of rotatable bonds is 0. The molecule has 1 aliphatic carbocycles. The maximum atomic E-state index is 5.75. The minimum atomic E-state index is -1.05. The molecule has 0 aliphatic heterocycles. The molecule has 0 heterocycles. The Morgan fingerprint density at radius 1 is 1.40 bits per heavy atom. The minimum Gasteiger partial charge on any atom is -0.323 e. The lowest BCUT2D eigenvalue weighted by molar-refractivity contribution is 1.19. The van der Waals surface area contributed by atoms with Gasteiger partial charge in [0.15, 0.2) is 4.33 Å². The van der Waals surface area contributed by atoms with Crippen LogP contribution >= 0.6 is 23.2 Å². The van der Waals surface area contributed by atoms with Crippen molar-refractivity contribution in [2.24, 2.45) is 10.9 Å². The van der Waals surface area contributed by atoms with E-state index in [0.717, 1.165) is 0 Å². The summed E-state index contributed by atoms with van der Waals surface area (Å²) in [5.74, 6) is 5.01. The molecule has 0 unspecified atom stereocenters. The first-order valence-corrected chi connectivity index (χ1v) is 3.44. The molecule has 1 aliphatic rings. The third kappa shape index (κ3) is 1.33. The molecular formula is C6H6Cl2N2. The molecule has 0 saturated carbocycles. The number of hydrogen-bond acceptors (Lipinski definition) is 2. The van der Waals surface area contributed by atoms with Crippen molar-refractivity contribution < 1.29 is 0 Å².